The van der Waals surface area contributed by atoms with Crippen LogP contribution in [-0.4, -0.2) is 45.0 Å². The molecule has 5 nitrogen and oxygen atoms in total. The maximum absolute atomic E-state index is 12.0. The molecule has 0 amide bonds. The van der Waals surface area contributed by atoms with E-state index in [0.717, 1.165) is 5.56 Å². The van der Waals surface area contributed by atoms with Crippen molar-refractivity contribution in [2.75, 3.05) is 25.9 Å². The van der Waals surface area contributed by atoms with Gasteiger partial charge in [-0.15, -0.1) is 13.2 Å². The highest BCUT2D eigenvalue weighted by Crippen LogP contribution is 2.22. The molecule has 0 saturated heterocycles. The Balaban J connectivity index is 2.31. The molecule has 1 N–H and O–H groups in total. The summed E-state index contributed by atoms with van der Waals surface area (Å²) in [5.41, 5.74) is 0.815. The molecule has 132 valence electrons. The third kappa shape index (κ3) is 8.19. The van der Waals surface area contributed by atoms with E-state index in [-0.39, 0.29) is 5.75 Å². The van der Waals surface area contributed by atoms with E-state index in [0.29, 0.717) is 32.6 Å². The highest BCUT2D eigenvalue weighted by Gasteiger charge is 2.30. The van der Waals surface area contributed by atoms with Crippen molar-refractivity contribution in [1.82, 2.24) is 9.62 Å². The first-order valence-corrected chi connectivity index (χ1v) is 8.97. The molecule has 0 aliphatic carbocycles. The molecule has 0 spiro atoms. The summed E-state index contributed by atoms with van der Waals surface area (Å²) in [6.45, 7) is 3.73. The van der Waals surface area contributed by atoms with Crippen LogP contribution in [0.5, 0.6) is 5.75 Å². The molecule has 0 aliphatic rings. The molecule has 9 heteroatoms. The third-order valence-electron chi connectivity index (χ3n) is 3.07. The van der Waals surface area contributed by atoms with Gasteiger partial charge in [0.15, 0.2) is 0 Å². The second-order valence-electron chi connectivity index (χ2n) is 4.98. The molecule has 0 unspecified atom stereocenters. The molecule has 0 aromatic heterocycles. The molecule has 0 heterocycles. The van der Waals surface area contributed by atoms with Gasteiger partial charge in [0, 0.05) is 19.6 Å². The topological polar surface area (TPSA) is 58.6 Å². The lowest BCUT2D eigenvalue weighted by atomic mass is 10.2. The first-order valence-electron chi connectivity index (χ1n) is 7.12. The summed E-state index contributed by atoms with van der Waals surface area (Å²) in [6.07, 6.45) is -2.87. The molecule has 0 saturated carbocycles. The van der Waals surface area contributed by atoms with Crippen molar-refractivity contribution in [2.45, 2.75) is 26.3 Å². The monoisotopic (exact) mass is 354 g/mol. The number of nitrogens with one attached hydrogen (secondary N) is 1. The Morgan fingerprint density at radius 1 is 1.22 bits per heavy atom. The first kappa shape index (κ1) is 19.7. The Morgan fingerprint density at radius 2 is 1.83 bits per heavy atom. The lowest BCUT2D eigenvalue weighted by molar-refractivity contribution is -0.274. The van der Waals surface area contributed by atoms with E-state index in [2.05, 4.69) is 10.1 Å². The number of ether oxygens (including phenoxy) is 1. The van der Waals surface area contributed by atoms with Crippen LogP contribution in [0.1, 0.15) is 18.9 Å². The summed E-state index contributed by atoms with van der Waals surface area (Å²) in [6, 6.07) is 5.60. The van der Waals surface area contributed by atoms with Gasteiger partial charge in [0.1, 0.15) is 5.75 Å². The van der Waals surface area contributed by atoms with Crippen LogP contribution in [0.3, 0.4) is 0 Å². The van der Waals surface area contributed by atoms with Gasteiger partial charge >= 0.3 is 6.36 Å². The summed E-state index contributed by atoms with van der Waals surface area (Å²) in [7, 11) is -3.17. The van der Waals surface area contributed by atoms with E-state index in [1.165, 1.54) is 22.7 Å². The van der Waals surface area contributed by atoms with Crippen LogP contribution in [0, 0.1) is 0 Å². The average molecular weight is 354 g/mol. The fourth-order valence-electron chi connectivity index (χ4n) is 1.98. The Labute approximate surface area is 134 Å². The minimum absolute atomic E-state index is 0.256. The molecule has 0 aliphatic heterocycles. The van der Waals surface area contributed by atoms with Gasteiger partial charge in [-0.2, -0.15) is 0 Å². The zero-order valence-electron chi connectivity index (χ0n) is 13.1. The lowest BCUT2D eigenvalue weighted by Gasteiger charge is -2.17. The fraction of sp³-hybridized carbons (Fsp3) is 0.571. The van der Waals surface area contributed by atoms with E-state index < -0.39 is 16.4 Å². The zero-order valence-corrected chi connectivity index (χ0v) is 13.9. The third-order valence-corrected chi connectivity index (χ3v) is 4.45. The second-order valence-corrected chi connectivity index (χ2v) is 6.96. The molecule has 1 rings (SSSR count). The van der Waals surface area contributed by atoms with Crippen molar-refractivity contribution in [2.24, 2.45) is 0 Å². The fourth-order valence-corrected chi connectivity index (χ4v) is 2.91. The van der Waals surface area contributed by atoms with Crippen molar-refractivity contribution in [3.63, 3.8) is 0 Å². The number of benzene rings is 1. The summed E-state index contributed by atoms with van der Waals surface area (Å²) >= 11 is 0. The van der Waals surface area contributed by atoms with Gasteiger partial charge in [0.25, 0.3) is 0 Å². The molecule has 0 bridgehead atoms. The molecule has 23 heavy (non-hydrogen) atoms. The van der Waals surface area contributed by atoms with Gasteiger partial charge in [0.2, 0.25) is 10.0 Å². The number of halogens is 3. The summed E-state index contributed by atoms with van der Waals surface area (Å²) in [4.78, 5) is 0. The highest BCUT2D eigenvalue weighted by molar-refractivity contribution is 7.88. The standard InChI is InChI=1S/C14H21F3N2O3S/c1-3-19(23(2,20)21)10-4-9-18-11-12-5-7-13(8-6-12)22-14(15,16)17/h5-8,18H,3-4,9-11H2,1-2H3. The molecular weight excluding hydrogens is 333 g/mol. The van der Waals surface area contributed by atoms with Gasteiger partial charge < -0.3 is 10.1 Å². The second kappa shape index (κ2) is 8.51. The predicted molar refractivity (Wildman–Crippen MR) is 81.5 cm³/mol. The average Bonchev–Trinajstić information content (AvgIpc) is 2.41. The van der Waals surface area contributed by atoms with Crippen LogP contribution in [0.4, 0.5) is 13.2 Å². The first-order chi connectivity index (χ1) is 10.6. The Kier molecular flexibility index (Phi) is 7.30. The number of nitrogens with zero attached hydrogens (tertiary/aromatic N) is 1. The summed E-state index contributed by atoms with van der Waals surface area (Å²) < 4.78 is 64.0. The lowest BCUT2D eigenvalue weighted by Crippen LogP contribution is -2.32. The van der Waals surface area contributed by atoms with Crippen molar-refractivity contribution in [1.29, 1.82) is 0 Å². The normalized spacial score (nSPS) is 12.6. The quantitative estimate of drug-likeness (QED) is 0.692. The molecule has 0 radical (unpaired) electrons. The number of hydrogen-bond donors (Lipinski definition) is 1. The minimum Gasteiger partial charge on any atom is -0.406 e. The summed E-state index contributed by atoms with van der Waals surface area (Å²) in [5, 5.41) is 3.12. The largest absolute Gasteiger partial charge is 0.573 e. The molecule has 1 aromatic carbocycles. The van der Waals surface area contributed by atoms with Crippen molar-refractivity contribution in [3.05, 3.63) is 29.8 Å². The van der Waals surface area contributed by atoms with E-state index in [1.54, 1.807) is 19.1 Å². The van der Waals surface area contributed by atoms with Crippen molar-refractivity contribution in [3.8, 4) is 5.75 Å². The van der Waals surface area contributed by atoms with Gasteiger partial charge in [-0.3, -0.25) is 0 Å². The Hall–Kier alpha value is -1.32. The Bertz CT molecular complexity index is 574. The number of hydrogen-bond acceptors (Lipinski definition) is 4. The van der Waals surface area contributed by atoms with E-state index >= 15 is 0 Å². The number of rotatable bonds is 9. The smallest absolute Gasteiger partial charge is 0.406 e. The molecule has 0 fully saturated rings. The maximum Gasteiger partial charge on any atom is 0.573 e. The molecule has 1 aromatic rings. The Morgan fingerprint density at radius 3 is 2.30 bits per heavy atom. The van der Waals surface area contributed by atoms with Crippen LogP contribution in [0.15, 0.2) is 24.3 Å². The van der Waals surface area contributed by atoms with Crippen LogP contribution in [0.2, 0.25) is 0 Å². The van der Waals surface area contributed by atoms with E-state index in [1.807, 2.05) is 0 Å². The highest BCUT2D eigenvalue weighted by atomic mass is 32.2. The van der Waals surface area contributed by atoms with Crippen LogP contribution >= 0.6 is 0 Å². The predicted octanol–water partition coefficient (Wildman–Crippen LogP) is 2.35. The van der Waals surface area contributed by atoms with E-state index in [9.17, 15) is 21.6 Å². The number of sulfonamides is 1. The van der Waals surface area contributed by atoms with E-state index in [4.69, 9.17) is 0 Å². The van der Waals surface area contributed by atoms with Gasteiger partial charge in [-0.05, 0) is 30.7 Å². The maximum atomic E-state index is 12.0. The van der Waals surface area contributed by atoms with Crippen molar-refractivity contribution < 1.29 is 26.3 Å². The van der Waals surface area contributed by atoms with Crippen molar-refractivity contribution >= 4 is 10.0 Å². The molecule has 0 atom stereocenters. The van der Waals surface area contributed by atoms with Crippen LogP contribution < -0.4 is 10.1 Å². The van der Waals surface area contributed by atoms with Gasteiger partial charge in [0.05, 0.1) is 6.26 Å². The van der Waals surface area contributed by atoms with Gasteiger partial charge in [-0.1, -0.05) is 19.1 Å². The minimum atomic E-state index is -4.69. The van der Waals surface area contributed by atoms with Crippen LogP contribution in [0.25, 0.3) is 0 Å². The summed E-state index contributed by atoms with van der Waals surface area (Å²) in [5.74, 6) is -0.256. The van der Waals surface area contributed by atoms with Gasteiger partial charge in [-0.25, -0.2) is 12.7 Å². The number of alkyl halides is 3. The molecular formula is C14H21F3N2O3S. The van der Waals surface area contributed by atoms with Crippen LogP contribution in [-0.2, 0) is 16.6 Å². The zero-order chi connectivity index (χ0) is 17.5. The SMILES string of the molecule is CCN(CCCNCc1ccc(OC(F)(F)F)cc1)S(C)(=O)=O.